The summed E-state index contributed by atoms with van der Waals surface area (Å²) in [6, 6.07) is 7.97. The van der Waals surface area contributed by atoms with Gasteiger partial charge in [0.2, 0.25) is 5.95 Å². The van der Waals surface area contributed by atoms with Crippen LogP contribution in [0.4, 0.5) is 27.5 Å². The minimum atomic E-state index is -0.474. The maximum absolute atomic E-state index is 13.7. The molecule has 1 aliphatic heterocycles. The first-order chi connectivity index (χ1) is 10.3. The van der Waals surface area contributed by atoms with Gasteiger partial charge in [-0.25, -0.2) is 9.37 Å². The molecule has 2 aromatic rings. The van der Waals surface area contributed by atoms with Gasteiger partial charge in [0.15, 0.2) is 11.6 Å². The zero-order valence-electron chi connectivity index (χ0n) is 11.9. The number of hydrogen-bond donors (Lipinski definition) is 2. The van der Waals surface area contributed by atoms with Crippen LogP contribution >= 0.6 is 0 Å². The molecule has 0 saturated carbocycles. The minimum Gasteiger partial charge on any atom is -0.372 e. The average molecular weight is 287 g/mol. The predicted molar refractivity (Wildman–Crippen MR) is 82.7 cm³/mol. The maximum Gasteiger partial charge on any atom is 0.224 e. The van der Waals surface area contributed by atoms with Gasteiger partial charge in [-0.3, -0.25) is 0 Å². The molecule has 1 saturated heterocycles. The average Bonchev–Trinajstić information content (AvgIpc) is 3.04. The Morgan fingerprint density at radius 2 is 1.86 bits per heavy atom. The van der Waals surface area contributed by atoms with Crippen LogP contribution in [0.3, 0.4) is 0 Å². The second-order valence-electron chi connectivity index (χ2n) is 5.01. The van der Waals surface area contributed by atoms with E-state index >= 15 is 0 Å². The molecule has 1 aromatic carbocycles. The molecular weight excluding hydrogens is 269 g/mol. The fourth-order valence-corrected chi connectivity index (χ4v) is 2.44. The summed E-state index contributed by atoms with van der Waals surface area (Å²) < 4.78 is 13.7. The van der Waals surface area contributed by atoms with Crippen molar-refractivity contribution in [1.82, 2.24) is 9.97 Å². The van der Waals surface area contributed by atoms with E-state index in [2.05, 4.69) is 25.5 Å². The van der Waals surface area contributed by atoms with Crippen LogP contribution < -0.4 is 15.5 Å². The summed E-state index contributed by atoms with van der Waals surface area (Å²) in [5.41, 5.74) is 2.01. The third kappa shape index (κ3) is 3.04. The molecule has 1 aromatic heterocycles. The van der Waals surface area contributed by atoms with E-state index < -0.39 is 5.82 Å². The molecule has 21 heavy (non-hydrogen) atoms. The van der Waals surface area contributed by atoms with Crippen LogP contribution in [0.25, 0.3) is 0 Å². The van der Waals surface area contributed by atoms with Crippen LogP contribution in [0.2, 0.25) is 0 Å². The van der Waals surface area contributed by atoms with Crippen LogP contribution in [-0.2, 0) is 0 Å². The van der Waals surface area contributed by atoms with Crippen molar-refractivity contribution in [2.75, 3.05) is 35.7 Å². The smallest absolute Gasteiger partial charge is 0.224 e. The number of nitrogens with one attached hydrogen (secondary N) is 2. The van der Waals surface area contributed by atoms with Gasteiger partial charge in [-0.1, -0.05) is 0 Å². The zero-order valence-corrected chi connectivity index (χ0v) is 11.9. The van der Waals surface area contributed by atoms with Gasteiger partial charge >= 0.3 is 0 Å². The molecule has 0 unspecified atom stereocenters. The number of benzene rings is 1. The van der Waals surface area contributed by atoms with E-state index in [1.165, 1.54) is 18.5 Å². The fraction of sp³-hybridized carbons (Fsp3) is 0.333. The Hall–Kier alpha value is -2.37. The number of hydrogen-bond acceptors (Lipinski definition) is 5. The summed E-state index contributed by atoms with van der Waals surface area (Å²) in [5.74, 6) is 0.0773. The van der Waals surface area contributed by atoms with Crippen molar-refractivity contribution in [3.63, 3.8) is 0 Å². The Morgan fingerprint density at radius 3 is 2.52 bits per heavy atom. The second-order valence-corrected chi connectivity index (χ2v) is 5.01. The van der Waals surface area contributed by atoms with Gasteiger partial charge in [-0.2, -0.15) is 4.98 Å². The SMILES string of the molecule is CNc1ncc(F)c(Nc2ccc(N3CCCC3)cc2)n1. The molecule has 3 rings (SSSR count). The summed E-state index contributed by atoms with van der Waals surface area (Å²) >= 11 is 0. The largest absolute Gasteiger partial charge is 0.372 e. The van der Waals surface area contributed by atoms with Crippen molar-refractivity contribution in [2.45, 2.75) is 12.8 Å². The van der Waals surface area contributed by atoms with Gasteiger partial charge in [-0.05, 0) is 37.1 Å². The molecule has 0 amide bonds. The normalized spacial score (nSPS) is 14.3. The van der Waals surface area contributed by atoms with Crippen molar-refractivity contribution in [3.05, 3.63) is 36.3 Å². The molecule has 2 heterocycles. The first-order valence-electron chi connectivity index (χ1n) is 7.08. The van der Waals surface area contributed by atoms with Crippen LogP contribution in [-0.4, -0.2) is 30.1 Å². The van der Waals surface area contributed by atoms with Crippen molar-refractivity contribution in [3.8, 4) is 0 Å². The van der Waals surface area contributed by atoms with Crippen molar-refractivity contribution in [2.24, 2.45) is 0 Å². The van der Waals surface area contributed by atoms with E-state index in [1.54, 1.807) is 7.05 Å². The van der Waals surface area contributed by atoms with Crippen molar-refractivity contribution in [1.29, 1.82) is 0 Å². The first kappa shape index (κ1) is 13.6. The lowest BCUT2D eigenvalue weighted by Crippen LogP contribution is -2.17. The second kappa shape index (κ2) is 5.95. The maximum atomic E-state index is 13.7. The Labute approximate surface area is 123 Å². The molecule has 0 spiro atoms. The summed E-state index contributed by atoms with van der Waals surface area (Å²) in [6.45, 7) is 2.22. The predicted octanol–water partition coefficient (Wildman–Crippen LogP) is 3.00. The quantitative estimate of drug-likeness (QED) is 0.905. The van der Waals surface area contributed by atoms with E-state index in [1.807, 2.05) is 24.3 Å². The summed E-state index contributed by atoms with van der Waals surface area (Å²) in [6.07, 6.45) is 3.65. The van der Waals surface area contributed by atoms with E-state index in [0.29, 0.717) is 5.95 Å². The Bertz CT molecular complexity index is 608. The lowest BCUT2D eigenvalue weighted by molar-refractivity contribution is 0.619. The van der Waals surface area contributed by atoms with Crippen molar-refractivity contribution < 1.29 is 4.39 Å². The van der Waals surface area contributed by atoms with E-state index in [9.17, 15) is 4.39 Å². The van der Waals surface area contributed by atoms with Crippen LogP contribution in [0, 0.1) is 5.82 Å². The lowest BCUT2D eigenvalue weighted by Gasteiger charge is -2.18. The monoisotopic (exact) mass is 287 g/mol. The molecule has 1 aliphatic rings. The van der Waals surface area contributed by atoms with Gasteiger partial charge in [0.25, 0.3) is 0 Å². The molecule has 1 fully saturated rings. The van der Waals surface area contributed by atoms with Gasteiger partial charge < -0.3 is 15.5 Å². The molecule has 5 nitrogen and oxygen atoms in total. The first-order valence-corrected chi connectivity index (χ1v) is 7.08. The Morgan fingerprint density at radius 1 is 1.14 bits per heavy atom. The van der Waals surface area contributed by atoms with Gasteiger partial charge in [-0.15, -0.1) is 0 Å². The number of aromatic nitrogens is 2. The zero-order chi connectivity index (χ0) is 14.7. The standard InChI is InChI=1S/C15H18FN5/c1-17-15-18-10-13(16)14(20-15)19-11-4-6-12(7-5-11)21-8-2-3-9-21/h4-7,10H,2-3,8-9H2,1H3,(H2,17,18,19,20). The Kier molecular flexibility index (Phi) is 3.85. The Balaban J connectivity index is 1.75. The molecule has 0 bridgehead atoms. The third-order valence-corrected chi connectivity index (χ3v) is 3.57. The van der Waals surface area contributed by atoms with Crippen LogP contribution in [0.1, 0.15) is 12.8 Å². The highest BCUT2D eigenvalue weighted by Crippen LogP contribution is 2.24. The molecule has 0 aliphatic carbocycles. The summed E-state index contributed by atoms with van der Waals surface area (Å²) in [7, 11) is 1.70. The molecule has 0 radical (unpaired) electrons. The lowest BCUT2D eigenvalue weighted by atomic mass is 10.2. The highest BCUT2D eigenvalue weighted by Gasteiger charge is 2.12. The molecule has 6 heteroatoms. The number of rotatable bonds is 4. The molecule has 0 atom stereocenters. The number of anilines is 4. The summed E-state index contributed by atoms with van der Waals surface area (Å²) in [4.78, 5) is 10.2. The highest BCUT2D eigenvalue weighted by atomic mass is 19.1. The molecular formula is C15H18FN5. The van der Waals surface area contributed by atoms with Gasteiger partial charge in [0.05, 0.1) is 6.20 Å². The number of nitrogens with zero attached hydrogens (tertiary/aromatic N) is 3. The molecule has 2 N–H and O–H groups in total. The fourth-order valence-electron chi connectivity index (χ4n) is 2.44. The van der Waals surface area contributed by atoms with E-state index in [4.69, 9.17) is 0 Å². The summed E-state index contributed by atoms with van der Waals surface area (Å²) in [5, 5.41) is 5.77. The van der Waals surface area contributed by atoms with E-state index in [0.717, 1.165) is 25.0 Å². The topological polar surface area (TPSA) is 53.1 Å². The minimum absolute atomic E-state index is 0.170. The highest BCUT2D eigenvalue weighted by molar-refractivity contribution is 5.61. The van der Waals surface area contributed by atoms with E-state index in [-0.39, 0.29) is 5.82 Å². The third-order valence-electron chi connectivity index (χ3n) is 3.57. The van der Waals surface area contributed by atoms with Crippen LogP contribution in [0.15, 0.2) is 30.5 Å². The van der Waals surface area contributed by atoms with Crippen LogP contribution in [0.5, 0.6) is 0 Å². The molecule has 110 valence electrons. The van der Waals surface area contributed by atoms with Gasteiger partial charge in [0.1, 0.15) is 0 Å². The van der Waals surface area contributed by atoms with Gasteiger partial charge in [0, 0.05) is 31.5 Å². The van der Waals surface area contributed by atoms with Crippen molar-refractivity contribution >= 4 is 23.1 Å². The number of halogens is 1.